The van der Waals surface area contributed by atoms with Gasteiger partial charge in [0.15, 0.2) is 0 Å². The molecule has 0 atom stereocenters. The van der Waals surface area contributed by atoms with Crippen LogP contribution < -0.4 is 9.44 Å². The van der Waals surface area contributed by atoms with Gasteiger partial charge in [0.1, 0.15) is 5.58 Å². The van der Waals surface area contributed by atoms with Gasteiger partial charge in [-0.1, -0.05) is 72.3 Å². The Hall–Kier alpha value is -3.79. The summed E-state index contributed by atoms with van der Waals surface area (Å²) in [4.78, 5) is 0.0184. The fraction of sp³-hybridized carbons (Fsp3) is 0. The van der Waals surface area contributed by atoms with Crippen molar-refractivity contribution in [2.75, 3.05) is 9.44 Å². The number of nitrogens with one attached hydrogen (secondary N) is 2. The van der Waals surface area contributed by atoms with Gasteiger partial charge in [0, 0.05) is 16.5 Å². The number of para-hydroxylation sites is 1. The molecule has 182 valence electrons. The van der Waals surface area contributed by atoms with E-state index in [9.17, 15) is 16.8 Å². The monoisotopic (exact) mass is 538 g/mol. The lowest BCUT2D eigenvalue weighted by molar-refractivity contribution is 0.484. The summed E-state index contributed by atoms with van der Waals surface area (Å²) >= 11 is 6.10. The van der Waals surface area contributed by atoms with E-state index in [-0.39, 0.29) is 26.4 Å². The van der Waals surface area contributed by atoms with E-state index in [4.69, 9.17) is 16.0 Å². The normalized spacial score (nSPS) is 11.9. The average molecular weight is 539 g/mol. The maximum absolute atomic E-state index is 13.2. The number of furan rings is 1. The second-order valence-corrected chi connectivity index (χ2v) is 11.6. The van der Waals surface area contributed by atoms with Crippen LogP contribution in [0.1, 0.15) is 0 Å². The summed E-state index contributed by atoms with van der Waals surface area (Å²) in [5.41, 5.74) is 1.94. The topological polar surface area (TPSA) is 105 Å². The highest BCUT2D eigenvalue weighted by atomic mass is 35.5. The van der Waals surface area contributed by atoms with E-state index >= 15 is 0 Å². The van der Waals surface area contributed by atoms with Crippen molar-refractivity contribution in [1.82, 2.24) is 0 Å². The smallest absolute Gasteiger partial charge is 0.295 e. The summed E-state index contributed by atoms with van der Waals surface area (Å²) in [7, 11) is -8.26. The van der Waals surface area contributed by atoms with Gasteiger partial charge in [-0.05, 0) is 47.5 Å². The van der Waals surface area contributed by atoms with Gasteiger partial charge in [-0.3, -0.25) is 9.44 Å². The molecular weight excluding hydrogens is 520 g/mol. The lowest BCUT2D eigenvalue weighted by Crippen LogP contribution is -2.17. The largest absolute Gasteiger partial charge is 0.443 e. The molecule has 0 fully saturated rings. The lowest BCUT2D eigenvalue weighted by Gasteiger charge is -2.15. The van der Waals surface area contributed by atoms with Crippen molar-refractivity contribution in [2.24, 2.45) is 0 Å². The molecule has 36 heavy (non-hydrogen) atoms. The van der Waals surface area contributed by atoms with Crippen molar-refractivity contribution in [3.05, 3.63) is 108 Å². The molecule has 1 aromatic heterocycles. The number of hydrogen-bond donors (Lipinski definition) is 2. The predicted octanol–water partition coefficient (Wildman–Crippen LogP) is 6.35. The fourth-order valence-corrected chi connectivity index (χ4v) is 5.99. The third-order valence-corrected chi connectivity index (χ3v) is 8.21. The Morgan fingerprint density at radius 3 is 2.08 bits per heavy atom. The van der Waals surface area contributed by atoms with E-state index < -0.39 is 20.0 Å². The Kier molecular flexibility index (Phi) is 6.21. The van der Waals surface area contributed by atoms with Crippen molar-refractivity contribution in [2.45, 2.75) is 9.99 Å². The first-order valence-corrected chi connectivity index (χ1v) is 14.0. The summed E-state index contributed by atoms with van der Waals surface area (Å²) in [5, 5.41) is 0.516. The van der Waals surface area contributed by atoms with Gasteiger partial charge in [0.2, 0.25) is 5.09 Å². The molecule has 0 aliphatic rings. The van der Waals surface area contributed by atoms with Gasteiger partial charge in [0.05, 0.1) is 16.3 Å². The molecule has 0 saturated carbocycles. The second kappa shape index (κ2) is 9.34. The van der Waals surface area contributed by atoms with Crippen LogP contribution in [0.3, 0.4) is 0 Å². The third-order valence-electron chi connectivity index (χ3n) is 5.39. The highest BCUT2D eigenvalue weighted by Gasteiger charge is 2.23. The Balaban J connectivity index is 1.47. The van der Waals surface area contributed by atoms with Gasteiger partial charge in [0.25, 0.3) is 20.0 Å². The number of benzene rings is 4. The summed E-state index contributed by atoms with van der Waals surface area (Å²) < 4.78 is 62.9. The zero-order valence-corrected chi connectivity index (χ0v) is 20.9. The number of halogens is 1. The third kappa shape index (κ3) is 4.94. The summed E-state index contributed by atoms with van der Waals surface area (Å²) in [5.74, 6) is 0. The van der Waals surface area contributed by atoms with Crippen LogP contribution in [0.25, 0.3) is 22.1 Å². The Labute approximate surface area is 213 Å². The molecule has 1 heterocycles. The number of hydrogen-bond acceptors (Lipinski definition) is 5. The SMILES string of the molecule is O=S(=O)(Nc1ccc(Cl)cc1NS(=O)(=O)c1cc2ccccc2o1)c1cccc(-c2ccccc2)c1. The molecule has 0 spiro atoms. The number of sulfonamides is 2. The molecule has 0 radical (unpaired) electrons. The first-order valence-electron chi connectivity index (χ1n) is 10.7. The summed E-state index contributed by atoms with van der Waals surface area (Å²) in [6, 6.07) is 28.2. The van der Waals surface area contributed by atoms with E-state index in [0.717, 1.165) is 11.1 Å². The lowest BCUT2D eigenvalue weighted by atomic mass is 10.1. The van der Waals surface area contributed by atoms with E-state index in [1.54, 1.807) is 36.4 Å². The van der Waals surface area contributed by atoms with E-state index in [1.807, 2.05) is 36.4 Å². The molecule has 7 nitrogen and oxygen atoms in total. The van der Waals surface area contributed by atoms with E-state index in [0.29, 0.717) is 11.0 Å². The van der Waals surface area contributed by atoms with Crippen LogP contribution in [0.5, 0.6) is 0 Å². The van der Waals surface area contributed by atoms with Gasteiger partial charge < -0.3 is 4.42 Å². The van der Waals surface area contributed by atoms with Gasteiger partial charge >= 0.3 is 0 Å². The summed E-state index contributed by atoms with van der Waals surface area (Å²) in [6.07, 6.45) is 0. The molecule has 4 aromatic carbocycles. The van der Waals surface area contributed by atoms with Gasteiger partial charge in [-0.15, -0.1) is 0 Å². The van der Waals surface area contributed by atoms with Crippen molar-refractivity contribution >= 4 is 54.0 Å². The first-order chi connectivity index (χ1) is 17.2. The molecule has 0 bridgehead atoms. The predicted molar refractivity (Wildman–Crippen MR) is 141 cm³/mol. The molecule has 0 aliphatic carbocycles. The molecule has 0 unspecified atom stereocenters. The molecule has 0 amide bonds. The van der Waals surface area contributed by atoms with Crippen LogP contribution in [0.2, 0.25) is 5.02 Å². The van der Waals surface area contributed by atoms with Gasteiger partial charge in [-0.25, -0.2) is 8.42 Å². The minimum absolute atomic E-state index is 0.00389. The zero-order chi connectivity index (χ0) is 25.3. The quantitative estimate of drug-likeness (QED) is 0.251. The zero-order valence-electron chi connectivity index (χ0n) is 18.6. The fourth-order valence-electron chi connectivity index (χ4n) is 3.65. The highest BCUT2D eigenvalue weighted by molar-refractivity contribution is 7.93. The van der Waals surface area contributed by atoms with Crippen LogP contribution in [0, 0.1) is 0 Å². The molecular formula is C26H19ClN2O5S2. The Morgan fingerprint density at radius 1 is 0.611 bits per heavy atom. The number of anilines is 2. The summed E-state index contributed by atoms with van der Waals surface area (Å²) in [6.45, 7) is 0. The maximum atomic E-state index is 13.2. The second-order valence-electron chi connectivity index (χ2n) is 7.90. The molecule has 2 N–H and O–H groups in total. The van der Waals surface area contributed by atoms with Crippen molar-refractivity contribution < 1.29 is 21.3 Å². The average Bonchev–Trinajstić information content (AvgIpc) is 3.32. The number of rotatable bonds is 7. The first kappa shape index (κ1) is 23.9. The minimum Gasteiger partial charge on any atom is -0.443 e. The Bertz CT molecular complexity index is 1750. The highest BCUT2D eigenvalue weighted by Crippen LogP contribution is 2.32. The maximum Gasteiger partial charge on any atom is 0.295 e. The van der Waals surface area contributed by atoms with Crippen LogP contribution in [0.15, 0.2) is 118 Å². The molecule has 5 aromatic rings. The molecule has 0 saturated heterocycles. The van der Waals surface area contributed by atoms with Crippen molar-refractivity contribution in [1.29, 1.82) is 0 Å². The van der Waals surface area contributed by atoms with Crippen molar-refractivity contribution in [3.63, 3.8) is 0 Å². The van der Waals surface area contributed by atoms with Gasteiger partial charge in [-0.2, -0.15) is 8.42 Å². The standard InChI is InChI=1S/C26H19ClN2O5S2/c27-21-13-14-23(24(17-21)29-36(32,33)26-16-20-9-4-5-12-25(20)34-26)28-35(30,31)22-11-6-10-19(15-22)18-7-2-1-3-8-18/h1-17,28-29H. The van der Waals surface area contributed by atoms with Crippen molar-refractivity contribution in [3.8, 4) is 11.1 Å². The molecule has 0 aliphatic heterocycles. The minimum atomic E-state index is -4.19. The number of fused-ring (bicyclic) bond motifs is 1. The van der Waals surface area contributed by atoms with Crippen LogP contribution >= 0.6 is 11.6 Å². The van der Waals surface area contributed by atoms with Crippen LogP contribution in [-0.2, 0) is 20.0 Å². The molecule has 10 heteroatoms. The Morgan fingerprint density at radius 2 is 1.31 bits per heavy atom. The van der Waals surface area contributed by atoms with Crippen LogP contribution in [-0.4, -0.2) is 16.8 Å². The molecule has 5 rings (SSSR count). The van der Waals surface area contributed by atoms with E-state index in [2.05, 4.69) is 9.44 Å². The van der Waals surface area contributed by atoms with E-state index in [1.165, 1.54) is 30.3 Å². The van der Waals surface area contributed by atoms with Crippen LogP contribution in [0.4, 0.5) is 11.4 Å².